The molecule has 102 valence electrons. The maximum absolute atomic E-state index is 13.1. The van der Waals surface area contributed by atoms with Crippen LogP contribution in [0.4, 0.5) is 4.39 Å². The van der Waals surface area contributed by atoms with E-state index < -0.39 is 9.84 Å². The van der Waals surface area contributed by atoms with E-state index in [9.17, 15) is 12.8 Å². The molecule has 0 amide bonds. The topological polar surface area (TPSA) is 70.0 Å². The van der Waals surface area contributed by atoms with Crippen molar-refractivity contribution in [2.45, 2.75) is 13.0 Å². The summed E-state index contributed by atoms with van der Waals surface area (Å²) in [5, 5.41) is 12.0. The molecule has 0 spiro atoms. The van der Waals surface area contributed by atoms with Gasteiger partial charge in [-0.2, -0.15) is 5.26 Å². The van der Waals surface area contributed by atoms with Crippen LogP contribution in [0.5, 0.6) is 0 Å². The Morgan fingerprint density at radius 2 is 2.26 bits per heavy atom. The zero-order chi connectivity index (χ0) is 13.9. The summed E-state index contributed by atoms with van der Waals surface area (Å²) in [7, 11) is -2.86. The average Bonchev–Trinajstić information content (AvgIpc) is 2.69. The van der Waals surface area contributed by atoms with Gasteiger partial charge >= 0.3 is 0 Å². The number of rotatable bonds is 4. The summed E-state index contributed by atoms with van der Waals surface area (Å²) in [6.07, 6.45) is 0.670. The third-order valence-electron chi connectivity index (χ3n) is 3.26. The highest BCUT2D eigenvalue weighted by Crippen LogP contribution is 2.17. The molecule has 1 N–H and O–H groups in total. The highest BCUT2D eigenvalue weighted by Gasteiger charge is 2.27. The van der Waals surface area contributed by atoms with Gasteiger partial charge in [-0.3, -0.25) is 0 Å². The second-order valence-electron chi connectivity index (χ2n) is 4.81. The summed E-state index contributed by atoms with van der Waals surface area (Å²) in [5.41, 5.74) is 1.04. The molecule has 4 nitrogen and oxygen atoms in total. The second kappa shape index (κ2) is 5.68. The lowest BCUT2D eigenvalue weighted by Crippen LogP contribution is -2.23. The van der Waals surface area contributed by atoms with Gasteiger partial charge in [0.1, 0.15) is 5.82 Å². The first-order valence-corrected chi connectivity index (χ1v) is 7.92. The van der Waals surface area contributed by atoms with Crippen LogP contribution in [-0.2, 0) is 16.4 Å². The van der Waals surface area contributed by atoms with Gasteiger partial charge in [-0.05, 0) is 42.6 Å². The highest BCUT2D eigenvalue weighted by molar-refractivity contribution is 7.91. The zero-order valence-electron chi connectivity index (χ0n) is 10.4. The third-order valence-corrected chi connectivity index (χ3v) is 5.10. The molecule has 0 radical (unpaired) electrons. The second-order valence-corrected chi connectivity index (χ2v) is 7.04. The van der Waals surface area contributed by atoms with E-state index in [0.717, 1.165) is 0 Å². The molecule has 0 bridgehead atoms. The number of nitriles is 1. The molecule has 1 saturated heterocycles. The SMILES string of the molecule is N#Cc1ccc(F)cc1CNCC1CCS(=O)(=O)C1. The van der Waals surface area contributed by atoms with Crippen molar-refractivity contribution in [2.75, 3.05) is 18.1 Å². The first-order chi connectivity index (χ1) is 9.00. The molecule has 0 saturated carbocycles. The molecule has 1 fully saturated rings. The van der Waals surface area contributed by atoms with Crippen LogP contribution in [0.15, 0.2) is 18.2 Å². The molecule has 2 rings (SSSR count). The van der Waals surface area contributed by atoms with Gasteiger partial charge < -0.3 is 5.32 Å². The summed E-state index contributed by atoms with van der Waals surface area (Å²) >= 11 is 0. The van der Waals surface area contributed by atoms with Gasteiger partial charge in [-0.15, -0.1) is 0 Å². The number of halogens is 1. The van der Waals surface area contributed by atoms with Crippen molar-refractivity contribution in [3.8, 4) is 6.07 Å². The van der Waals surface area contributed by atoms with Crippen molar-refractivity contribution < 1.29 is 12.8 Å². The van der Waals surface area contributed by atoms with Gasteiger partial charge in [0.25, 0.3) is 0 Å². The summed E-state index contributed by atoms with van der Waals surface area (Å²) < 4.78 is 35.7. The van der Waals surface area contributed by atoms with Gasteiger partial charge in [0.15, 0.2) is 9.84 Å². The molecule has 19 heavy (non-hydrogen) atoms. The molecular weight excluding hydrogens is 267 g/mol. The summed E-state index contributed by atoms with van der Waals surface area (Å²) in [6, 6.07) is 6.05. The minimum absolute atomic E-state index is 0.115. The Labute approximate surface area is 112 Å². The van der Waals surface area contributed by atoms with Crippen molar-refractivity contribution >= 4 is 9.84 Å². The smallest absolute Gasteiger partial charge is 0.150 e. The van der Waals surface area contributed by atoms with Gasteiger partial charge in [0, 0.05) is 6.54 Å². The Morgan fingerprint density at radius 3 is 2.89 bits per heavy atom. The van der Waals surface area contributed by atoms with Gasteiger partial charge in [-0.25, -0.2) is 12.8 Å². The largest absolute Gasteiger partial charge is 0.312 e. The van der Waals surface area contributed by atoms with Crippen LogP contribution in [0.25, 0.3) is 0 Å². The Hall–Kier alpha value is -1.45. The molecule has 1 aliphatic rings. The lowest BCUT2D eigenvalue weighted by atomic mass is 10.1. The van der Waals surface area contributed by atoms with Crippen LogP contribution in [0.2, 0.25) is 0 Å². The van der Waals surface area contributed by atoms with Crippen LogP contribution in [0, 0.1) is 23.1 Å². The van der Waals surface area contributed by atoms with E-state index in [4.69, 9.17) is 5.26 Å². The number of hydrogen-bond donors (Lipinski definition) is 1. The first kappa shape index (κ1) is 14.0. The molecule has 1 heterocycles. The standard InChI is InChI=1S/C13H15FN2O2S/c14-13-2-1-11(6-15)12(5-13)8-16-7-10-3-4-19(17,18)9-10/h1-2,5,10,16H,3-4,7-9H2. The van der Waals surface area contributed by atoms with E-state index in [1.54, 1.807) is 0 Å². The molecule has 6 heteroatoms. The molecule has 0 aliphatic carbocycles. The number of hydrogen-bond acceptors (Lipinski definition) is 4. The van der Waals surface area contributed by atoms with Gasteiger partial charge in [-0.1, -0.05) is 0 Å². The maximum atomic E-state index is 13.1. The fourth-order valence-electron chi connectivity index (χ4n) is 2.26. The Kier molecular flexibility index (Phi) is 4.17. The Morgan fingerprint density at radius 1 is 1.47 bits per heavy atom. The van der Waals surface area contributed by atoms with E-state index in [1.165, 1.54) is 18.2 Å². The number of nitrogens with zero attached hydrogens (tertiary/aromatic N) is 1. The Bertz CT molecular complexity index is 608. The first-order valence-electron chi connectivity index (χ1n) is 6.10. The highest BCUT2D eigenvalue weighted by atomic mass is 32.2. The monoisotopic (exact) mass is 282 g/mol. The summed E-state index contributed by atoms with van der Waals surface area (Å²) in [5.74, 6) is 0.208. The normalized spacial score (nSPS) is 21.2. The van der Waals surface area contributed by atoms with E-state index in [2.05, 4.69) is 5.32 Å². The van der Waals surface area contributed by atoms with Crippen molar-refractivity contribution in [3.05, 3.63) is 35.1 Å². The number of benzene rings is 1. The minimum atomic E-state index is -2.86. The number of nitrogens with one attached hydrogen (secondary N) is 1. The molecule has 1 aromatic rings. The predicted molar refractivity (Wildman–Crippen MR) is 69.6 cm³/mol. The van der Waals surface area contributed by atoms with E-state index in [0.29, 0.717) is 30.6 Å². The fourth-order valence-corrected chi connectivity index (χ4v) is 4.12. The zero-order valence-corrected chi connectivity index (χ0v) is 11.2. The van der Waals surface area contributed by atoms with Crippen LogP contribution in [0.3, 0.4) is 0 Å². The molecular formula is C13H15FN2O2S. The van der Waals surface area contributed by atoms with E-state index in [1.807, 2.05) is 6.07 Å². The van der Waals surface area contributed by atoms with Gasteiger partial charge in [0.05, 0.1) is 23.1 Å². The summed E-state index contributed by atoms with van der Waals surface area (Å²) in [4.78, 5) is 0. The van der Waals surface area contributed by atoms with Crippen molar-refractivity contribution in [1.29, 1.82) is 5.26 Å². The quantitative estimate of drug-likeness (QED) is 0.901. The maximum Gasteiger partial charge on any atom is 0.150 e. The van der Waals surface area contributed by atoms with Gasteiger partial charge in [0.2, 0.25) is 0 Å². The molecule has 0 aromatic heterocycles. The summed E-state index contributed by atoms with van der Waals surface area (Å²) in [6.45, 7) is 0.942. The van der Waals surface area contributed by atoms with Crippen molar-refractivity contribution in [3.63, 3.8) is 0 Å². The predicted octanol–water partition coefficient (Wildman–Crippen LogP) is 1.22. The van der Waals surface area contributed by atoms with E-state index in [-0.39, 0.29) is 23.2 Å². The van der Waals surface area contributed by atoms with Crippen molar-refractivity contribution in [1.82, 2.24) is 5.32 Å². The molecule has 1 aliphatic heterocycles. The van der Waals surface area contributed by atoms with Crippen LogP contribution in [0.1, 0.15) is 17.5 Å². The fraction of sp³-hybridized carbons (Fsp3) is 0.462. The van der Waals surface area contributed by atoms with Crippen LogP contribution in [-0.4, -0.2) is 26.5 Å². The van der Waals surface area contributed by atoms with E-state index >= 15 is 0 Å². The lowest BCUT2D eigenvalue weighted by molar-refractivity contribution is 0.519. The van der Waals surface area contributed by atoms with Crippen LogP contribution < -0.4 is 5.32 Å². The molecule has 1 aromatic carbocycles. The average molecular weight is 282 g/mol. The van der Waals surface area contributed by atoms with Crippen LogP contribution >= 0.6 is 0 Å². The lowest BCUT2D eigenvalue weighted by Gasteiger charge is -2.10. The number of sulfone groups is 1. The van der Waals surface area contributed by atoms with Crippen molar-refractivity contribution in [2.24, 2.45) is 5.92 Å². The molecule has 1 atom stereocenters. The minimum Gasteiger partial charge on any atom is -0.312 e. The Balaban J connectivity index is 1.90. The third kappa shape index (κ3) is 3.75. The molecule has 1 unspecified atom stereocenters.